The van der Waals surface area contributed by atoms with Crippen molar-refractivity contribution in [1.82, 2.24) is 15.6 Å². The van der Waals surface area contributed by atoms with Gasteiger partial charge in [0, 0.05) is 5.75 Å². The molecule has 0 unspecified atom stereocenters. The molecule has 29 heavy (non-hydrogen) atoms. The number of carbonyl (C=O) groups is 1. The second-order valence-corrected chi connectivity index (χ2v) is 9.28. The molecule has 0 bridgehead atoms. The van der Waals surface area contributed by atoms with E-state index in [4.69, 9.17) is 4.74 Å². The Kier molecular flexibility index (Phi) is 8.09. The molecule has 1 heterocycles. The van der Waals surface area contributed by atoms with Crippen molar-refractivity contribution in [3.63, 3.8) is 0 Å². The van der Waals surface area contributed by atoms with Crippen LogP contribution in [0.15, 0.2) is 68.4 Å². The summed E-state index contributed by atoms with van der Waals surface area (Å²) in [5.74, 6) is 1.68. The minimum atomic E-state index is -0.184. The highest BCUT2D eigenvalue weighted by atomic mass is 32.2. The largest absolute Gasteiger partial charge is 0.497 e. The van der Waals surface area contributed by atoms with Crippen molar-refractivity contribution in [2.24, 2.45) is 5.10 Å². The van der Waals surface area contributed by atoms with Gasteiger partial charge in [-0.1, -0.05) is 65.2 Å². The zero-order valence-corrected chi connectivity index (χ0v) is 18.4. The number of rotatable bonds is 9. The van der Waals surface area contributed by atoms with E-state index in [1.165, 1.54) is 28.7 Å². The summed E-state index contributed by atoms with van der Waals surface area (Å²) in [5.41, 5.74) is 5.47. The number of benzene rings is 2. The van der Waals surface area contributed by atoms with Gasteiger partial charge in [0.2, 0.25) is 0 Å². The highest BCUT2D eigenvalue weighted by molar-refractivity contribution is 8.03. The van der Waals surface area contributed by atoms with Gasteiger partial charge in [-0.25, -0.2) is 5.43 Å². The van der Waals surface area contributed by atoms with E-state index in [2.05, 4.69) is 32.9 Å². The minimum Gasteiger partial charge on any atom is -0.497 e. The molecular formula is C20H20N4O2S3. The van der Waals surface area contributed by atoms with Crippen LogP contribution in [0.1, 0.15) is 18.1 Å². The number of nitrogens with one attached hydrogen (secondary N) is 1. The van der Waals surface area contributed by atoms with Crippen LogP contribution in [0, 0.1) is 0 Å². The number of carbonyl (C=O) groups excluding carboxylic acids is 1. The van der Waals surface area contributed by atoms with Gasteiger partial charge in [0.15, 0.2) is 8.68 Å². The minimum absolute atomic E-state index is 0.184. The van der Waals surface area contributed by atoms with E-state index in [0.717, 1.165) is 31.5 Å². The van der Waals surface area contributed by atoms with Crippen LogP contribution in [0.25, 0.3) is 0 Å². The monoisotopic (exact) mass is 444 g/mol. The molecule has 0 aliphatic rings. The number of hydrazone groups is 1. The molecule has 1 amide bonds. The molecule has 0 radical (unpaired) electrons. The fourth-order valence-corrected chi connectivity index (χ4v) is 5.00. The molecule has 0 saturated carbocycles. The number of hydrogen-bond acceptors (Lipinski definition) is 8. The normalized spacial score (nSPS) is 11.3. The standard InChI is InChI=1S/C20H20N4O2S3/c1-14(16-8-10-17(26-2)11-9-16)21-22-18(25)13-28-20-24-23-19(29-20)27-12-15-6-4-3-5-7-15/h3-11H,12-13H2,1-2H3,(H,22,25)/b21-14+. The maximum absolute atomic E-state index is 12.1. The summed E-state index contributed by atoms with van der Waals surface area (Å²) in [6.07, 6.45) is 0. The van der Waals surface area contributed by atoms with Crippen molar-refractivity contribution in [2.45, 2.75) is 21.4 Å². The predicted octanol–water partition coefficient (Wildman–Crippen LogP) is 4.47. The number of hydrogen-bond donors (Lipinski definition) is 1. The van der Waals surface area contributed by atoms with E-state index in [9.17, 15) is 4.79 Å². The van der Waals surface area contributed by atoms with E-state index in [-0.39, 0.29) is 11.7 Å². The van der Waals surface area contributed by atoms with E-state index in [0.29, 0.717) is 0 Å². The quantitative estimate of drug-likeness (QED) is 0.298. The van der Waals surface area contributed by atoms with Crippen molar-refractivity contribution < 1.29 is 9.53 Å². The summed E-state index contributed by atoms with van der Waals surface area (Å²) in [7, 11) is 1.62. The third kappa shape index (κ3) is 6.88. The van der Waals surface area contributed by atoms with Crippen LogP contribution in [-0.4, -0.2) is 34.7 Å². The molecule has 0 aliphatic heterocycles. The Labute approximate surface area is 182 Å². The summed E-state index contributed by atoms with van der Waals surface area (Å²) >= 11 is 4.50. The van der Waals surface area contributed by atoms with Crippen LogP contribution in [0.4, 0.5) is 0 Å². The summed E-state index contributed by atoms with van der Waals surface area (Å²) in [6, 6.07) is 17.7. The lowest BCUT2D eigenvalue weighted by Crippen LogP contribution is -2.21. The number of aromatic nitrogens is 2. The van der Waals surface area contributed by atoms with Crippen molar-refractivity contribution in [3.8, 4) is 5.75 Å². The Morgan fingerprint density at radius 2 is 1.76 bits per heavy atom. The topological polar surface area (TPSA) is 76.5 Å². The highest BCUT2D eigenvalue weighted by Crippen LogP contribution is 2.30. The number of ether oxygens (including phenoxy) is 1. The molecule has 3 aromatic rings. The fourth-order valence-electron chi connectivity index (χ4n) is 2.24. The molecule has 0 saturated heterocycles. The summed E-state index contributed by atoms with van der Waals surface area (Å²) < 4.78 is 6.80. The molecule has 2 aromatic carbocycles. The molecule has 9 heteroatoms. The number of amides is 1. The van der Waals surface area contributed by atoms with Gasteiger partial charge in [0.05, 0.1) is 18.6 Å². The van der Waals surface area contributed by atoms with Gasteiger partial charge in [0.25, 0.3) is 5.91 Å². The van der Waals surface area contributed by atoms with E-state index in [1.807, 2.05) is 49.4 Å². The second-order valence-electron chi connectivity index (χ2n) is 5.86. The third-order valence-corrected chi connectivity index (χ3v) is 7.04. The van der Waals surface area contributed by atoms with Crippen LogP contribution in [0.2, 0.25) is 0 Å². The molecule has 1 N–H and O–H groups in total. The van der Waals surface area contributed by atoms with Crippen LogP contribution in [0.5, 0.6) is 5.75 Å². The number of thioether (sulfide) groups is 2. The van der Waals surface area contributed by atoms with Crippen molar-refractivity contribution in [3.05, 3.63) is 65.7 Å². The first-order valence-electron chi connectivity index (χ1n) is 8.74. The highest BCUT2D eigenvalue weighted by Gasteiger charge is 2.09. The lowest BCUT2D eigenvalue weighted by Gasteiger charge is -2.04. The van der Waals surface area contributed by atoms with Gasteiger partial charge in [-0.2, -0.15) is 5.10 Å². The van der Waals surface area contributed by atoms with E-state index < -0.39 is 0 Å². The van der Waals surface area contributed by atoms with Crippen LogP contribution < -0.4 is 10.2 Å². The maximum atomic E-state index is 12.1. The first-order valence-corrected chi connectivity index (χ1v) is 11.5. The summed E-state index contributed by atoms with van der Waals surface area (Å²) in [6.45, 7) is 1.84. The molecule has 3 rings (SSSR count). The molecule has 0 fully saturated rings. The van der Waals surface area contributed by atoms with Crippen molar-refractivity contribution in [2.75, 3.05) is 12.9 Å². The van der Waals surface area contributed by atoms with Crippen LogP contribution in [-0.2, 0) is 10.5 Å². The lowest BCUT2D eigenvalue weighted by molar-refractivity contribution is -0.118. The number of nitrogens with zero attached hydrogens (tertiary/aromatic N) is 3. The molecule has 0 atom stereocenters. The second kappa shape index (κ2) is 11.0. The molecule has 150 valence electrons. The van der Waals surface area contributed by atoms with E-state index >= 15 is 0 Å². The van der Waals surface area contributed by atoms with Crippen molar-refractivity contribution in [1.29, 1.82) is 0 Å². The van der Waals surface area contributed by atoms with Crippen molar-refractivity contribution >= 4 is 46.5 Å². The van der Waals surface area contributed by atoms with Gasteiger partial charge in [-0.05, 0) is 42.3 Å². The molecule has 0 spiro atoms. The third-order valence-electron chi connectivity index (χ3n) is 3.78. The molecule has 0 aliphatic carbocycles. The van der Waals surface area contributed by atoms with E-state index in [1.54, 1.807) is 18.9 Å². The van der Waals surface area contributed by atoms with Crippen LogP contribution in [0.3, 0.4) is 0 Å². The Bertz CT molecular complexity index is 959. The smallest absolute Gasteiger partial charge is 0.250 e. The summed E-state index contributed by atoms with van der Waals surface area (Å²) in [5, 5.41) is 12.5. The Morgan fingerprint density at radius 3 is 2.45 bits per heavy atom. The average molecular weight is 445 g/mol. The van der Waals surface area contributed by atoms with Gasteiger partial charge in [0.1, 0.15) is 5.75 Å². The zero-order valence-electron chi connectivity index (χ0n) is 16.0. The average Bonchev–Trinajstić information content (AvgIpc) is 3.23. The maximum Gasteiger partial charge on any atom is 0.250 e. The Hall–Kier alpha value is -2.36. The van der Waals surface area contributed by atoms with Gasteiger partial charge >= 0.3 is 0 Å². The van der Waals surface area contributed by atoms with Crippen LogP contribution >= 0.6 is 34.9 Å². The Morgan fingerprint density at radius 1 is 1.07 bits per heavy atom. The van der Waals surface area contributed by atoms with Gasteiger partial charge in [-0.3, -0.25) is 4.79 Å². The fraction of sp³-hybridized carbons (Fsp3) is 0.200. The van der Waals surface area contributed by atoms with Gasteiger partial charge < -0.3 is 4.74 Å². The molecule has 6 nitrogen and oxygen atoms in total. The predicted molar refractivity (Wildman–Crippen MR) is 120 cm³/mol. The first kappa shape index (κ1) is 21.4. The molecular weight excluding hydrogens is 424 g/mol. The number of methoxy groups -OCH3 is 1. The summed E-state index contributed by atoms with van der Waals surface area (Å²) in [4.78, 5) is 12.1. The Balaban J connectivity index is 1.43. The lowest BCUT2D eigenvalue weighted by atomic mass is 10.1. The molecule has 1 aromatic heterocycles. The zero-order chi connectivity index (χ0) is 20.5. The SMILES string of the molecule is COc1ccc(/C(C)=N/NC(=O)CSc2nnc(SCc3ccccc3)s2)cc1. The first-order chi connectivity index (χ1) is 14.1. The van der Waals surface area contributed by atoms with Gasteiger partial charge in [-0.15, -0.1) is 10.2 Å².